The van der Waals surface area contributed by atoms with Crippen LogP contribution in [0.1, 0.15) is 31.4 Å². The number of carboxylic acids is 1. The standard InChI is InChI=1S/C12H17NO3/c1-2-16-10-5-3-9(4-6-10)11(13)7-8-12(14)15/h3-6,11H,2,7-8,13H2,1H3,(H,14,15). The van der Waals surface area contributed by atoms with Crippen molar-refractivity contribution in [2.24, 2.45) is 5.73 Å². The van der Waals surface area contributed by atoms with Crippen molar-refractivity contribution in [3.8, 4) is 5.75 Å². The molecule has 0 spiro atoms. The Morgan fingerprint density at radius 1 is 1.44 bits per heavy atom. The van der Waals surface area contributed by atoms with Crippen LogP contribution in [-0.2, 0) is 4.79 Å². The van der Waals surface area contributed by atoms with Crippen LogP contribution >= 0.6 is 0 Å². The van der Waals surface area contributed by atoms with Gasteiger partial charge in [-0.15, -0.1) is 0 Å². The van der Waals surface area contributed by atoms with Gasteiger partial charge in [-0.05, 0) is 31.0 Å². The molecule has 0 aliphatic carbocycles. The Bertz CT molecular complexity index is 335. The minimum atomic E-state index is -0.818. The third-order valence-electron chi connectivity index (χ3n) is 2.29. The Kier molecular flexibility index (Phi) is 4.79. The Balaban J connectivity index is 2.55. The van der Waals surface area contributed by atoms with E-state index in [1.54, 1.807) is 0 Å². The summed E-state index contributed by atoms with van der Waals surface area (Å²) in [6.45, 7) is 2.55. The van der Waals surface area contributed by atoms with Crippen molar-refractivity contribution in [3.05, 3.63) is 29.8 Å². The minimum absolute atomic E-state index is 0.0916. The zero-order valence-corrected chi connectivity index (χ0v) is 9.35. The van der Waals surface area contributed by atoms with Gasteiger partial charge in [0.1, 0.15) is 5.75 Å². The van der Waals surface area contributed by atoms with Gasteiger partial charge < -0.3 is 15.6 Å². The molecule has 0 saturated heterocycles. The first-order chi connectivity index (χ1) is 7.63. The Hall–Kier alpha value is -1.55. The molecule has 0 aliphatic rings. The van der Waals surface area contributed by atoms with Crippen LogP contribution in [-0.4, -0.2) is 17.7 Å². The van der Waals surface area contributed by atoms with E-state index in [2.05, 4.69) is 0 Å². The second kappa shape index (κ2) is 6.12. The molecule has 1 rings (SSSR count). The summed E-state index contributed by atoms with van der Waals surface area (Å²) in [6.07, 6.45) is 0.539. The van der Waals surface area contributed by atoms with Crippen molar-refractivity contribution in [2.75, 3.05) is 6.61 Å². The second-order valence-electron chi connectivity index (χ2n) is 3.54. The number of carbonyl (C=O) groups is 1. The predicted molar refractivity (Wildman–Crippen MR) is 61.4 cm³/mol. The number of nitrogens with two attached hydrogens (primary N) is 1. The number of ether oxygens (including phenoxy) is 1. The highest BCUT2D eigenvalue weighted by Crippen LogP contribution is 2.19. The molecule has 0 amide bonds. The van der Waals surface area contributed by atoms with Gasteiger partial charge in [0.15, 0.2) is 0 Å². The number of carboxylic acid groups (broad SMARTS) is 1. The fourth-order valence-corrected chi connectivity index (χ4v) is 1.42. The van der Waals surface area contributed by atoms with Crippen molar-refractivity contribution in [2.45, 2.75) is 25.8 Å². The number of aliphatic carboxylic acids is 1. The monoisotopic (exact) mass is 223 g/mol. The number of hydrogen-bond donors (Lipinski definition) is 2. The molecule has 16 heavy (non-hydrogen) atoms. The molecule has 4 heteroatoms. The summed E-state index contributed by atoms with van der Waals surface area (Å²) < 4.78 is 5.30. The highest BCUT2D eigenvalue weighted by atomic mass is 16.5. The average Bonchev–Trinajstić information content (AvgIpc) is 2.27. The van der Waals surface area contributed by atoms with E-state index in [0.29, 0.717) is 13.0 Å². The summed E-state index contributed by atoms with van der Waals surface area (Å²) >= 11 is 0. The van der Waals surface area contributed by atoms with Crippen molar-refractivity contribution < 1.29 is 14.6 Å². The van der Waals surface area contributed by atoms with Crippen molar-refractivity contribution in [1.82, 2.24) is 0 Å². The van der Waals surface area contributed by atoms with E-state index < -0.39 is 5.97 Å². The first-order valence-electron chi connectivity index (χ1n) is 5.33. The molecule has 0 radical (unpaired) electrons. The maximum Gasteiger partial charge on any atom is 0.303 e. The van der Waals surface area contributed by atoms with Gasteiger partial charge in [-0.2, -0.15) is 0 Å². The van der Waals surface area contributed by atoms with E-state index >= 15 is 0 Å². The van der Waals surface area contributed by atoms with Gasteiger partial charge in [0.05, 0.1) is 6.61 Å². The van der Waals surface area contributed by atoms with E-state index in [1.807, 2.05) is 31.2 Å². The SMILES string of the molecule is CCOc1ccc(C(N)CCC(=O)O)cc1. The molecular weight excluding hydrogens is 206 g/mol. The first-order valence-corrected chi connectivity index (χ1v) is 5.33. The summed E-state index contributed by atoms with van der Waals surface area (Å²) in [5, 5.41) is 8.55. The summed E-state index contributed by atoms with van der Waals surface area (Å²) in [4.78, 5) is 10.4. The molecule has 88 valence electrons. The van der Waals surface area contributed by atoms with Gasteiger partial charge in [0.2, 0.25) is 0 Å². The molecular formula is C12H17NO3. The summed E-state index contributed by atoms with van der Waals surface area (Å²) in [5.74, 6) is -0.0157. The Morgan fingerprint density at radius 2 is 2.06 bits per heavy atom. The molecule has 3 N–H and O–H groups in total. The normalized spacial score (nSPS) is 12.1. The molecule has 1 aromatic rings. The molecule has 0 heterocycles. The second-order valence-corrected chi connectivity index (χ2v) is 3.54. The van der Waals surface area contributed by atoms with Crippen LogP contribution < -0.4 is 10.5 Å². The fraction of sp³-hybridized carbons (Fsp3) is 0.417. The van der Waals surface area contributed by atoms with Gasteiger partial charge >= 0.3 is 5.97 Å². The van der Waals surface area contributed by atoms with E-state index in [0.717, 1.165) is 11.3 Å². The van der Waals surface area contributed by atoms with E-state index in [9.17, 15) is 4.79 Å². The smallest absolute Gasteiger partial charge is 0.303 e. The zero-order valence-electron chi connectivity index (χ0n) is 9.35. The molecule has 1 aromatic carbocycles. The zero-order chi connectivity index (χ0) is 12.0. The fourth-order valence-electron chi connectivity index (χ4n) is 1.42. The lowest BCUT2D eigenvalue weighted by atomic mass is 10.0. The van der Waals surface area contributed by atoms with Crippen LogP contribution in [0.5, 0.6) is 5.75 Å². The predicted octanol–water partition coefficient (Wildman–Crippen LogP) is 1.95. The molecule has 1 atom stereocenters. The van der Waals surface area contributed by atoms with Crippen LogP contribution in [0.4, 0.5) is 0 Å². The Morgan fingerprint density at radius 3 is 2.56 bits per heavy atom. The molecule has 1 unspecified atom stereocenters. The van der Waals surface area contributed by atoms with Crippen molar-refractivity contribution in [3.63, 3.8) is 0 Å². The molecule has 0 saturated carbocycles. The molecule has 0 bridgehead atoms. The van der Waals surface area contributed by atoms with E-state index in [-0.39, 0.29) is 12.5 Å². The number of rotatable bonds is 6. The number of benzene rings is 1. The van der Waals surface area contributed by atoms with Gasteiger partial charge in [0.25, 0.3) is 0 Å². The minimum Gasteiger partial charge on any atom is -0.494 e. The van der Waals surface area contributed by atoms with E-state index in [1.165, 1.54) is 0 Å². The average molecular weight is 223 g/mol. The number of hydrogen-bond acceptors (Lipinski definition) is 3. The lowest BCUT2D eigenvalue weighted by molar-refractivity contribution is -0.137. The Labute approximate surface area is 95.0 Å². The van der Waals surface area contributed by atoms with Gasteiger partial charge in [-0.3, -0.25) is 4.79 Å². The lowest BCUT2D eigenvalue weighted by Gasteiger charge is -2.11. The lowest BCUT2D eigenvalue weighted by Crippen LogP contribution is -2.12. The van der Waals surface area contributed by atoms with Crippen LogP contribution in [0.2, 0.25) is 0 Å². The summed E-state index contributed by atoms with van der Waals surface area (Å²) in [5.41, 5.74) is 6.80. The van der Waals surface area contributed by atoms with Crippen LogP contribution in [0, 0.1) is 0 Å². The third-order valence-corrected chi connectivity index (χ3v) is 2.29. The quantitative estimate of drug-likeness (QED) is 0.773. The van der Waals surface area contributed by atoms with Crippen LogP contribution in [0.25, 0.3) is 0 Å². The van der Waals surface area contributed by atoms with Gasteiger partial charge in [-0.1, -0.05) is 12.1 Å². The largest absolute Gasteiger partial charge is 0.494 e. The van der Waals surface area contributed by atoms with Gasteiger partial charge in [0, 0.05) is 12.5 Å². The molecule has 0 fully saturated rings. The summed E-state index contributed by atoms with van der Waals surface area (Å²) in [6, 6.07) is 7.21. The van der Waals surface area contributed by atoms with Crippen LogP contribution in [0.3, 0.4) is 0 Å². The van der Waals surface area contributed by atoms with Crippen molar-refractivity contribution >= 4 is 5.97 Å². The summed E-state index contributed by atoms with van der Waals surface area (Å²) in [7, 11) is 0. The maximum absolute atomic E-state index is 10.4. The van der Waals surface area contributed by atoms with Gasteiger partial charge in [-0.25, -0.2) is 0 Å². The van der Waals surface area contributed by atoms with E-state index in [4.69, 9.17) is 15.6 Å². The molecule has 0 aliphatic heterocycles. The first kappa shape index (κ1) is 12.5. The topological polar surface area (TPSA) is 72.5 Å². The highest BCUT2D eigenvalue weighted by Gasteiger charge is 2.08. The highest BCUT2D eigenvalue weighted by molar-refractivity contribution is 5.66. The van der Waals surface area contributed by atoms with Crippen LogP contribution in [0.15, 0.2) is 24.3 Å². The van der Waals surface area contributed by atoms with Crippen molar-refractivity contribution in [1.29, 1.82) is 0 Å². The molecule has 0 aromatic heterocycles. The third kappa shape index (κ3) is 3.90. The molecule has 4 nitrogen and oxygen atoms in total. The maximum atomic E-state index is 10.4.